The smallest absolute Gasteiger partial charge is 0.265 e. The molecule has 4 rings (SSSR count). The van der Waals surface area contributed by atoms with Crippen LogP contribution in [0.1, 0.15) is 35.9 Å². The molecule has 0 aliphatic carbocycles. The summed E-state index contributed by atoms with van der Waals surface area (Å²) < 4.78 is 10.8. The molecule has 3 aromatic rings. The topological polar surface area (TPSA) is 51.7 Å². The number of ether oxygens (including phenoxy) is 2. The van der Waals surface area contributed by atoms with Crippen LogP contribution in [-0.4, -0.2) is 31.2 Å². The van der Waals surface area contributed by atoms with Gasteiger partial charge < -0.3 is 14.4 Å². The Hall–Kier alpha value is -2.70. The Balaban J connectivity index is 1.60. The zero-order chi connectivity index (χ0) is 21.1. The molecule has 0 saturated heterocycles. The molecule has 6 heteroatoms. The first kappa shape index (κ1) is 20.6. The predicted octanol–water partition coefficient (Wildman–Crippen LogP) is 5.05. The third-order valence-electron chi connectivity index (χ3n) is 5.26. The maximum atomic E-state index is 12.7. The number of nitrogens with zero attached hydrogens (tertiary/aromatic N) is 2. The summed E-state index contributed by atoms with van der Waals surface area (Å²) in [4.78, 5) is 19.2. The molecule has 156 valence electrons. The van der Waals surface area contributed by atoms with E-state index in [0.29, 0.717) is 19.1 Å². The molecular weight excluding hydrogens is 396 g/mol. The molecule has 0 bridgehead atoms. The number of rotatable bonds is 7. The summed E-state index contributed by atoms with van der Waals surface area (Å²) in [6, 6.07) is 14.4. The Kier molecular flexibility index (Phi) is 6.16. The number of benzene rings is 2. The Morgan fingerprint density at radius 3 is 2.73 bits per heavy atom. The van der Waals surface area contributed by atoms with Gasteiger partial charge in [0.05, 0.1) is 29.5 Å². The van der Waals surface area contributed by atoms with E-state index < -0.39 is 0 Å². The molecule has 0 radical (unpaired) electrons. The molecular formula is C24H26N2O3S. The Morgan fingerprint density at radius 1 is 1.20 bits per heavy atom. The lowest BCUT2D eigenvalue weighted by Crippen LogP contribution is -2.38. The van der Waals surface area contributed by atoms with E-state index >= 15 is 0 Å². The van der Waals surface area contributed by atoms with Crippen LogP contribution in [0, 0.1) is 0 Å². The molecule has 1 amide bonds. The Morgan fingerprint density at radius 2 is 2.00 bits per heavy atom. The second-order valence-electron chi connectivity index (χ2n) is 7.72. The second-order valence-corrected chi connectivity index (χ2v) is 8.66. The Labute approximate surface area is 181 Å². The number of thiazole rings is 1. The van der Waals surface area contributed by atoms with E-state index in [2.05, 4.69) is 38.1 Å². The normalized spacial score (nSPS) is 13.5. The van der Waals surface area contributed by atoms with Gasteiger partial charge in [0.1, 0.15) is 5.75 Å². The van der Waals surface area contributed by atoms with Crippen LogP contribution in [0.4, 0.5) is 5.69 Å². The average molecular weight is 423 g/mol. The number of methoxy groups -OCH3 is 1. The highest BCUT2D eigenvalue weighted by atomic mass is 32.1. The zero-order valence-electron chi connectivity index (χ0n) is 17.6. The standard InChI is InChI=1S/C24H26N2O3S/c1-16(2)18-6-4-17(5-7-18)13-26-21-12-19(8-9-22(21)29-14-24(26)27)20-15-30-23(25-20)10-11-28-3/h4-9,12,15-16H,10-11,13-14H2,1-3H3. The van der Waals surface area contributed by atoms with Crippen molar-refractivity contribution >= 4 is 22.9 Å². The van der Waals surface area contributed by atoms with Crippen LogP contribution in [0.2, 0.25) is 0 Å². The molecule has 5 nitrogen and oxygen atoms in total. The first-order valence-electron chi connectivity index (χ1n) is 10.1. The van der Waals surface area contributed by atoms with Crippen molar-refractivity contribution in [3.63, 3.8) is 0 Å². The van der Waals surface area contributed by atoms with Gasteiger partial charge in [-0.15, -0.1) is 11.3 Å². The Bertz CT molecular complexity index is 1030. The van der Waals surface area contributed by atoms with Crippen LogP contribution < -0.4 is 9.64 Å². The molecule has 30 heavy (non-hydrogen) atoms. The van der Waals surface area contributed by atoms with Crippen LogP contribution in [0.15, 0.2) is 47.8 Å². The number of carbonyl (C=O) groups excluding carboxylic acids is 1. The summed E-state index contributed by atoms with van der Waals surface area (Å²) in [6.45, 7) is 5.60. The largest absolute Gasteiger partial charge is 0.482 e. The van der Waals surface area contributed by atoms with Crippen molar-refractivity contribution in [2.24, 2.45) is 0 Å². The molecule has 0 fully saturated rings. The maximum Gasteiger partial charge on any atom is 0.265 e. The van der Waals surface area contributed by atoms with Gasteiger partial charge in [0.25, 0.3) is 5.91 Å². The minimum Gasteiger partial charge on any atom is -0.482 e. The maximum absolute atomic E-state index is 12.7. The van der Waals surface area contributed by atoms with Gasteiger partial charge in [-0.1, -0.05) is 38.1 Å². The van der Waals surface area contributed by atoms with Gasteiger partial charge in [-0.05, 0) is 35.2 Å². The minimum absolute atomic E-state index is 0.0355. The van der Waals surface area contributed by atoms with Crippen molar-refractivity contribution in [1.82, 2.24) is 4.98 Å². The van der Waals surface area contributed by atoms with Crippen molar-refractivity contribution in [3.05, 3.63) is 64.0 Å². The lowest BCUT2D eigenvalue weighted by molar-refractivity contribution is -0.121. The summed E-state index contributed by atoms with van der Waals surface area (Å²) in [6.07, 6.45) is 0.798. The molecule has 0 N–H and O–H groups in total. The quantitative estimate of drug-likeness (QED) is 0.535. The van der Waals surface area contributed by atoms with E-state index in [0.717, 1.165) is 39.7 Å². The second kappa shape index (κ2) is 8.98. The van der Waals surface area contributed by atoms with E-state index in [4.69, 9.17) is 14.5 Å². The molecule has 1 aliphatic rings. The van der Waals surface area contributed by atoms with Gasteiger partial charge in [-0.3, -0.25) is 4.79 Å². The van der Waals surface area contributed by atoms with Crippen LogP contribution in [0.25, 0.3) is 11.3 Å². The number of anilines is 1. The summed E-state index contributed by atoms with van der Waals surface area (Å²) >= 11 is 1.63. The van der Waals surface area contributed by atoms with Gasteiger partial charge >= 0.3 is 0 Å². The summed E-state index contributed by atoms with van der Waals surface area (Å²) in [5.41, 5.74) is 5.08. The minimum atomic E-state index is -0.0355. The molecule has 2 heterocycles. The van der Waals surface area contributed by atoms with Crippen molar-refractivity contribution < 1.29 is 14.3 Å². The number of hydrogen-bond acceptors (Lipinski definition) is 5. The van der Waals surface area contributed by atoms with E-state index in [1.807, 2.05) is 28.5 Å². The lowest BCUT2D eigenvalue weighted by atomic mass is 10.0. The molecule has 0 saturated carbocycles. The van der Waals surface area contributed by atoms with Gasteiger partial charge in [-0.2, -0.15) is 0 Å². The van der Waals surface area contributed by atoms with Crippen LogP contribution in [0.3, 0.4) is 0 Å². The first-order chi connectivity index (χ1) is 14.5. The number of carbonyl (C=O) groups is 1. The summed E-state index contributed by atoms with van der Waals surface area (Å²) in [7, 11) is 1.69. The number of fused-ring (bicyclic) bond motifs is 1. The van der Waals surface area contributed by atoms with Crippen LogP contribution in [0.5, 0.6) is 5.75 Å². The van der Waals surface area contributed by atoms with Crippen molar-refractivity contribution in [3.8, 4) is 17.0 Å². The van der Waals surface area contributed by atoms with Gasteiger partial charge in [0, 0.05) is 24.5 Å². The molecule has 0 atom stereocenters. The van der Waals surface area contributed by atoms with Gasteiger partial charge in [0.15, 0.2) is 6.61 Å². The molecule has 2 aromatic carbocycles. The summed E-state index contributed by atoms with van der Waals surface area (Å²) in [5, 5.41) is 3.09. The average Bonchev–Trinajstić information content (AvgIpc) is 3.23. The number of amides is 1. The van der Waals surface area contributed by atoms with Gasteiger partial charge in [0.2, 0.25) is 0 Å². The number of hydrogen-bond donors (Lipinski definition) is 0. The fraction of sp³-hybridized carbons (Fsp3) is 0.333. The third kappa shape index (κ3) is 4.40. The lowest BCUT2D eigenvalue weighted by Gasteiger charge is -2.30. The molecule has 0 spiro atoms. The van der Waals surface area contributed by atoms with E-state index in [1.54, 1.807) is 18.4 Å². The molecule has 1 aliphatic heterocycles. The summed E-state index contributed by atoms with van der Waals surface area (Å²) in [5.74, 6) is 1.18. The van der Waals surface area contributed by atoms with Crippen LogP contribution in [-0.2, 0) is 22.5 Å². The third-order valence-corrected chi connectivity index (χ3v) is 6.17. The zero-order valence-corrected chi connectivity index (χ0v) is 18.4. The monoisotopic (exact) mass is 422 g/mol. The fourth-order valence-corrected chi connectivity index (χ4v) is 4.26. The van der Waals surface area contributed by atoms with Crippen molar-refractivity contribution in [2.75, 3.05) is 25.2 Å². The van der Waals surface area contributed by atoms with E-state index in [1.165, 1.54) is 5.56 Å². The highest BCUT2D eigenvalue weighted by Crippen LogP contribution is 2.37. The predicted molar refractivity (Wildman–Crippen MR) is 120 cm³/mol. The van der Waals surface area contributed by atoms with E-state index in [9.17, 15) is 4.79 Å². The highest BCUT2D eigenvalue weighted by molar-refractivity contribution is 7.09. The SMILES string of the molecule is COCCc1nc(-c2ccc3c(c2)N(Cc2ccc(C(C)C)cc2)C(=O)CO3)cs1. The van der Waals surface area contributed by atoms with Crippen LogP contribution >= 0.6 is 11.3 Å². The number of aromatic nitrogens is 1. The van der Waals surface area contributed by atoms with E-state index in [-0.39, 0.29) is 12.5 Å². The fourth-order valence-electron chi connectivity index (χ4n) is 3.47. The van der Waals surface area contributed by atoms with Crippen molar-refractivity contribution in [1.29, 1.82) is 0 Å². The molecule has 0 unspecified atom stereocenters. The van der Waals surface area contributed by atoms with Gasteiger partial charge in [-0.25, -0.2) is 4.98 Å². The highest BCUT2D eigenvalue weighted by Gasteiger charge is 2.26. The van der Waals surface area contributed by atoms with Crippen molar-refractivity contribution in [2.45, 2.75) is 32.7 Å². The molecule has 1 aromatic heterocycles. The first-order valence-corrected chi connectivity index (χ1v) is 11.0.